The van der Waals surface area contributed by atoms with Gasteiger partial charge in [-0.1, -0.05) is 6.42 Å². The molecular weight excluding hydrogens is 256 g/mol. The van der Waals surface area contributed by atoms with Crippen molar-refractivity contribution >= 4 is 21.8 Å². The fourth-order valence-corrected chi connectivity index (χ4v) is 2.48. The smallest absolute Gasteiger partial charge is 0.251 e. The van der Waals surface area contributed by atoms with E-state index in [4.69, 9.17) is 5.73 Å². The number of amides is 1. The average Bonchev–Trinajstić information content (AvgIpc) is 2.40. The molecule has 0 saturated heterocycles. The number of fused-ring (bicyclic) bond motifs is 1. The topological polar surface area (TPSA) is 56.0 Å². The molecule has 1 amide bonds. The molecule has 3 nitrogen and oxygen atoms in total. The molecule has 0 spiro atoms. The van der Waals surface area contributed by atoms with Gasteiger partial charge in [-0.05, 0) is 53.2 Å². The summed E-state index contributed by atoms with van der Waals surface area (Å²) in [4.78, 5) is 15.6. The van der Waals surface area contributed by atoms with Gasteiger partial charge in [0.25, 0.3) is 5.91 Å². The van der Waals surface area contributed by atoms with Crippen molar-refractivity contribution in [2.24, 2.45) is 5.73 Å². The number of aryl methyl sites for hydroxylation is 2. The molecule has 1 heterocycles. The monoisotopic (exact) mass is 268 g/mol. The molecule has 1 aromatic heterocycles. The van der Waals surface area contributed by atoms with Gasteiger partial charge in [-0.15, -0.1) is 0 Å². The first-order valence-corrected chi connectivity index (χ1v) is 5.96. The standard InChI is InChI=1S/C11H13BrN2O/c12-10-8(11(13)15)6-7-4-2-1-3-5-9(7)14-10/h6H,1-5H2,(H2,13,15). The largest absolute Gasteiger partial charge is 0.366 e. The summed E-state index contributed by atoms with van der Waals surface area (Å²) < 4.78 is 0.579. The summed E-state index contributed by atoms with van der Waals surface area (Å²) in [5.41, 5.74) is 8.07. The number of rotatable bonds is 1. The van der Waals surface area contributed by atoms with Crippen LogP contribution in [0.2, 0.25) is 0 Å². The van der Waals surface area contributed by atoms with Crippen molar-refractivity contribution in [1.29, 1.82) is 0 Å². The number of carbonyl (C=O) groups excluding carboxylic acids is 1. The predicted octanol–water partition coefficient (Wildman–Crippen LogP) is 2.21. The zero-order valence-electron chi connectivity index (χ0n) is 8.42. The molecule has 2 N–H and O–H groups in total. The van der Waals surface area contributed by atoms with E-state index in [0.717, 1.165) is 18.5 Å². The maximum atomic E-state index is 11.1. The molecule has 0 unspecified atom stereocenters. The van der Waals surface area contributed by atoms with E-state index in [9.17, 15) is 4.79 Å². The van der Waals surface area contributed by atoms with Crippen LogP contribution in [0.25, 0.3) is 0 Å². The van der Waals surface area contributed by atoms with Gasteiger partial charge in [0.05, 0.1) is 5.56 Å². The van der Waals surface area contributed by atoms with Crippen LogP contribution in [0.3, 0.4) is 0 Å². The zero-order valence-corrected chi connectivity index (χ0v) is 10.0. The van der Waals surface area contributed by atoms with Gasteiger partial charge in [-0.25, -0.2) is 4.98 Å². The molecule has 0 saturated carbocycles. The average molecular weight is 269 g/mol. The highest BCUT2D eigenvalue weighted by molar-refractivity contribution is 9.10. The number of aromatic nitrogens is 1. The van der Waals surface area contributed by atoms with Crippen molar-refractivity contribution in [2.75, 3.05) is 0 Å². The van der Waals surface area contributed by atoms with Crippen molar-refractivity contribution in [2.45, 2.75) is 32.1 Å². The molecule has 15 heavy (non-hydrogen) atoms. The van der Waals surface area contributed by atoms with E-state index >= 15 is 0 Å². The summed E-state index contributed by atoms with van der Waals surface area (Å²) >= 11 is 3.29. The summed E-state index contributed by atoms with van der Waals surface area (Å²) in [7, 11) is 0. The van der Waals surface area contributed by atoms with Crippen molar-refractivity contribution in [3.63, 3.8) is 0 Å². The number of hydrogen-bond acceptors (Lipinski definition) is 2. The van der Waals surface area contributed by atoms with Gasteiger partial charge in [-0.3, -0.25) is 4.79 Å². The third-order valence-electron chi connectivity index (χ3n) is 2.77. The molecule has 1 aliphatic rings. The van der Waals surface area contributed by atoms with Crippen molar-refractivity contribution in [3.05, 3.63) is 27.5 Å². The number of halogens is 1. The second kappa shape index (κ2) is 4.31. The summed E-state index contributed by atoms with van der Waals surface area (Å²) in [5.74, 6) is -0.415. The number of nitrogens with two attached hydrogens (primary N) is 1. The van der Waals surface area contributed by atoms with Crippen LogP contribution in [0.1, 0.15) is 40.9 Å². The fraction of sp³-hybridized carbons (Fsp3) is 0.455. The minimum atomic E-state index is -0.415. The lowest BCUT2D eigenvalue weighted by Crippen LogP contribution is -2.14. The quantitative estimate of drug-likeness (QED) is 0.627. The highest BCUT2D eigenvalue weighted by Gasteiger charge is 2.15. The van der Waals surface area contributed by atoms with E-state index < -0.39 is 5.91 Å². The molecule has 1 aromatic rings. The van der Waals surface area contributed by atoms with Gasteiger partial charge in [0.2, 0.25) is 0 Å². The highest BCUT2D eigenvalue weighted by Crippen LogP contribution is 2.24. The maximum absolute atomic E-state index is 11.1. The van der Waals surface area contributed by atoms with Gasteiger partial charge in [0.1, 0.15) is 4.60 Å². The predicted molar refractivity (Wildman–Crippen MR) is 61.7 cm³/mol. The van der Waals surface area contributed by atoms with E-state index in [2.05, 4.69) is 20.9 Å². The van der Waals surface area contributed by atoms with Gasteiger partial charge in [0, 0.05) is 5.69 Å². The Bertz CT molecular complexity index is 404. The van der Waals surface area contributed by atoms with Gasteiger partial charge in [-0.2, -0.15) is 0 Å². The third kappa shape index (κ3) is 2.20. The minimum Gasteiger partial charge on any atom is -0.366 e. The Balaban J connectivity index is 2.47. The third-order valence-corrected chi connectivity index (χ3v) is 3.37. The van der Waals surface area contributed by atoms with Crippen LogP contribution in [-0.2, 0) is 12.8 Å². The fourth-order valence-electron chi connectivity index (χ4n) is 1.96. The lowest BCUT2D eigenvalue weighted by atomic mass is 10.1. The Kier molecular flexibility index (Phi) is 3.05. The summed E-state index contributed by atoms with van der Waals surface area (Å²) in [6, 6.07) is 1.89. The Morgan fingerprint density at radius 2 is 2.07 bits per heavy atom. The van der Waals surface area contributed by atoms with Crippen LogP contribution in [-0.4, -0.2) is 10.9 Å². The number of pyridine rings is 1. The van der Waals surface area contributed by atoms with Crippen LogP contribution in [0.5, 0.6) is 0 Å². The first kappa shape index (κ1) is 10.6. The molecule has 2 rings (SSSR count). The first-order chi connectivity index (χ1) is 7.18. The van der Waals surface area contributed by atoms with E-state index in [0.29, 0.717) is 10.2 Å². The van der Waals surface area contributed by atoms with Gasteiger partial charge >= 0.3 is 0 Å². The van der Waals surface area contributed by atoms with Gasteiger partial charge in [0.15, 0.2) is 0 Å². The van der Waals surface area contributed by atoms with Crippen molar-refractivity contribution in [1.82, 2.24) is 4.98 Å². The molecule has 0 radical (unpaired) electrons. The van der Waals surface area contributed by atoms with E-state index in [1.165, 1.54) is 24.8 Å². The Morgan fingerprint density at radius 1 is 1.33 bits per heavy atom. The van der Waals surface area contributed by atoms with Crippen LogP contribution >= 0.6 is 15.9 Å². The molecule has 80 valence electrons. The Hall–Kier alpha value is -0.900. The molecule has 0 fully saturated rings. The normalized spacial score (nSPS) is 15.5. The minimum absolute atomic E-state index is 0.415. The first-order valence-electron chi connectivity index (χ1n) is 5.16. The van der Waals surface area contributed by atoms with E-state index in [1.54, 1.807) is 0 Å². The highest BCUT2D eigenvalue weighted by atomic mass is 79.9. The molecule has 1 aliphatic carbocycles. The number of primary amides is 1. The molecular formula is C11H13BrN2O. The summed E-state index contributed by atoms with van der Waals surface area (Å²) in [6.45, 7) is 0. The van der Waals surface area contributed by atoms with E-state index in [-0.39, 0.29) is 0 Å². The molecule has 0 aromatic carbocycles. The lowest BCUT2D eigenvalue weighted by Gasteiger charge is -2.07. The maximum Gasteiger partial charge on any atom is 0.251 e. The molecule has 0 atom stereocenters. The molecule has 0 aliphatic heterocycles. The summed E-state index contributed by atoms with van der Waals surface area (Å²) in [5, 5.41) is 0. The SMILES string of the molecule is NC(=O)c1cc2c(nc1Br)CCCCC2. The van der Waals surface area contributed by atoms with Gasteiger partial charge < -0.3 is 5.73 Å². The zero-order chi connectivity index (χ0) is 10.8. The van der Waals surface area contributed by atoms with E-state index in [1.807, 2.05) is 6.07 Å². The molecule has 4 heteroatoms. The van der Waals surface area contributed by atoms with Crippen molar-refractivity contribution in [3.8, 4) is 0 Å². The Labute approximate surface area is 97.2 Å². The van der Waals surface area contributed by atoms with Crippen LogP contribution < -0.4 is 5.73 Å². The van der Waals surface area contributed by atoms with Crippen LogP contribution in [0.4, 0.5) is 0 Å². The van der Waals surface area contributed by atoms with Crippen LogP contribution in [0, 0.1) is 0 Å². The van der Waals surface area contributed by atoms with Crippen LogP contribution in [0.15, 0.2) is 10.7 Å². The van der Waals surface area contributed by atoms with Crippen molar-refractivity contribution < 1.29 is 4.79 Å². The molecule has 0 bridgehead atoms. The summed E-state index contributed by atoms with van der Waals surface area (Å²) in [6.07, 6.45) is 5.61. The number of hydrogen-bond donors (Lipinski definition) is 1. The Morgan fingerprint density at radius 3 is 2.80 bits per heavy atom. The number of carbonyl (C=O) groups is 1. The lowest BCUT2D eigenvalue weighted by molar-refractivity contribution is 0.0999. The second-order valence-corrected chi connectivity index (χ2v) is 4.61. The second-order valence-electron chi connectivity index (χ2n) is 3.86. The number of nitrogens with zero attached hydrogens (tertiary/aromatic N) is 1.